The van der Waals surface area contributed by atoms with Crippen LogP contribution >= 0.6 is 12.2 Å². The average Bonchev–Trinajstić information content (AvgIpc) is 2.45. The highest BCUT2D eigenvalue weighted by molar-refractivity contribution is 7.80. The minimum absolute atomic E-state index is 0.444. The lowest BCUT2D eigenvalue weighted by Crippen LogP contribution is -2.37. The van der Waals surface area contributed by atoms with Gasteiger partial charge in [-0.3, -0.25) is 0 Å². The second-order valence-corrected chi connectivity index (χ2v) is 6.03. The van der Waals surface area contributed by atoms with E-state index in [0.717, 1.165) is 43.0 Å². The van der Waals surface area contributed by atoms with Crippen LogP contribution in [0.15, 0.2) is 0 Å². The van der Waals surface area contributed by atoms with Crippen molar-refractivity contribution < 1.29 is 0 Å². The lowest BCUT2D eigenvalue weighted by molar-refractivity contribution is 0.443. The van der Waals surface area contributed by atoms with Gasteiger partial charge in [-0.05, 0) is 37.2 Å². The largest absolute Gasteiger partial charge is 0.389 e. The summed E-state index contributed by atoms with van der Waals surface area (Å²) in [7, 11) is 0. The lowest BCUT2D eigenvalue weighted by atomic mass is 9.98. The van der Waals surface area contributed by atoms with Gasteiger partial charge in [0.1, 0.15) is 4.99 Å². The van der Waals surface area contributed by atoms with Crippen molar-refractivity contribution in [3.05, 3.63) is 16.8 Å². The molecular weight excluding hydrogens is 268 g/mol. The van der Waals surface area contributed by atoms with E-state index in [2.05, 4.69) is 35.9 Å². The number of nitrogens with two attached hydrogens (primary N) is 1. The molecule has 20 heavy (non-hydrogen) atoms. The molecule has 1 atom stereocenters. The first-order valence-corrected chi connectivity index (χ1v) is 7.92. The molecule has 1 aliphatic heterocycles. The lowest BCUT2D eigenvalue weighted by Gasteiger charge is -2.33. The highest BCUT2D eigenvalue weighted by atomic mass is 32.1. The minimum atomic E-state index is 0.444. The van der Waals surface area contributed by atoms with E-state index >= 15 is 0 Å². The number of hydrogen-bond donors (Lipinski definition) is 1. The van der Waals surface area contributed by atoms with Gasteiger partial charge in [0, 0.05) is 13.1 Å². The molecule has 110 valence electrons. The summed E-state index contributed by atoms with van der Waals surface area (Å²) in [6, 6.07) is 0. The zero-order chi connectivity index (χ0) is 14.7. The van der Waals surface area contributed by atoms with Gasteiger partial charge in [0.15, 0.2) is 5.82 Å². The number of nitrogens with zero attached hydrogens (tertiary/aromatic N) is 3. The second-order valence-electron chi connectivity index (χ2n) is 5.59. The molecule has 1 unspecified atom stereocenters. The van der Waals surface area contributed by atoms with Gasteiger partial charge in [0.05, 0.1) is 11.3 Å². The molecule has 0 radical (unpaired) electrons. The van der Waals surface area contributed by atoms with Crippen LogP contribution in [0.3, 0.4) is 0 Å². The molecule has 4 nitrogen and oxygen atoms in total. The summed E-state index contributed by atoms with van der Waals surface area (Å²) >= 11 is 5.29. The van der Waals surface area contributed by atoms with E-state index in [-0.39, 0.29) is 0 Å². The Balaban J connectivity index is 2.49. The summed E-state index contributed by atoms with van der Waals surface area (Å²) in [5, 5.41) is 8.85. The first-order valence-electron chi connectivity index (χ1n) is 7.51. The van der Waals surface area contributed by atoms with Crippen LogP contribution in [-0.2, 0) is 12.8 Å². The van der Waals surface area contributed by atoms with Crippen molar-refractivity contribution in [1.29, 1.82) is 0 Å². The van der Waals surface area contributed by atoms with E-state index in [0.29, 0.717) is 10.9 Å². The van der Waals surface area contributed by atoms with E-state index in [1.165, 1.54) is 18.4 Å². The average molecular weight is 292 g/mol. The SMILES string of the molecule is CCc1nnc(N2CCCC(C)C2)c(C(N)=S)c1CC. The molecule has 5 heteroatoms. The van der Waals surface area contributed by atoms with Gasteiger partial charge >= 0.3 is 0 Å². The zero-order valence-corrected chi connectivity index (χ0v) is 13.5. The maximum Gasteiger partial charge on any atom is 0.161 e. The Morgan fingerprint density at radius 1 is 1.35 bits per heavy atom. The summed E-state index contributed by atoms with van der Waals surface area (Å²) in [5.41, 5.74) is 9.13. The highest BCUT2D eigenvalue weighted by Gasteiger charge is 2.24. The highest BCUT2D eigenvalue weighted by Crippen LogP contribution is 2.27. The van der Waals surface area contributed by atoms with E-state index < -0.39 is 0 Å². The molecule has 1 aromatic rings. The van der Waals surface area contributed by atoms with Crippen molar-refractivity contribution in [2.24, 2.45) is 11.7 Å². The summed E-state index contributed by atoms with van der Waals surface area (Å²) in [6.45, 7) is 8.53. The predicted octanol–water partition coefficient (Wildman–Crippen LogP) is 2.47. The van der Waals surface area contributed by atoms with E-state index in [1.807, 2.05) is 0 Å². The second kappa shape index (κ2) is 6.48. The first-order chi connectivity index (χ1) is 9.58. The molecule has 2 heterocycles. The Bertz CT molecular complexity index is 501. The Labute approximate surface area is 126 Å². The predicted molar refractivity (Wildman–Crippen MR) is 87.3 cm³/mol. The van der Waals surface area contributed by atoms with Crippen LogP contribution in [0, 0.1) is 5.92 Å². The van der Waals surface area contributed by atoms with Gasteiger partial charge in [-0.25, -0.2) is 0 Å². The minimum Gasteiger partial charge on any atom is -0.389 e. The van der Waals surface area contributed by atoms with Crippen molar-refractivity contribution in [2.45, 2.75) is 46.5 Å². The van der Waals surface area contributed by atoms with Gasteiger partial charge in [-0.1, -0.05) is 33.0 Å². The Kier molecular flexibility index (Phi) is 4.91. The standard InChI is InChI=1S/C15H24N4S/c1-4-11-12(5-2)17-18-15(13(11)14(16)20)19-8-6-7-10(3)9-19/h10H,4-9H2,1-3H3,(H2,16,20). The summed E-state index contributed by atoms with van der Waals surface area (Å²) in [5.74, 6) is 1.57. The molecule has 1 aliphatic rings. The molecule has 2 rings (SSSR count). The smallest absolute Gasteiger partial charge is 0.161 e. The van der Waals surface area contributed by atoms with Crippen molar-refractivity contribution >= 4 is 23.0 Å². The summed E-state index contributed by atoms with van der Waals surface area (Å²) < 4.78 is 0. The van der Waals surface area contributed by atoms with Crippen molar-refractivity contribution in [2.75, 3.05) is 18.0 Å². The third kappa shape index (κ3) is 2.92. The van der Waals surface area contributed by atoms with Gasteiger partial charge in [0.2, 0.25) is 0 Å². The van der Waals surface area contributed by atoms with Gasteiger partial charge in [-0.2, -0.15) is 5.10 Å². The fraction of sp³-hybridized carbons (Fsp3) is 0.667. The number of thiocarbonyl (C=S) groups is 1. The Hall–Kier alpha value is -1.23. The molecule has 0 bridgehead atoms. The van der Waals surface area contributed by atoms with Crippen LogP contribution in [0.4, 0.5) is 5.82 Å². The fourth-order valence-electron chi connectivity index (χ4n) is 3.02. The molecule has 0 saturated carbocycles. The molecule has 1 fully saturated rings. The first kappa shape index (κ1) is 15.2. The van der Waals surface area contributed by atoms with Gasteiger partial charge < -0.3 is 10.6 Å². The van der Waals surface area contributed by atoms with Gasteiger partial charge in [-0.15, -0.1) is 5.10 Å². The third-order valence-corrected chi connectivity index (χ3v) is 4.23. The monoisotopic (exact) mass is 292 g/mol. The maximum atomic E-state index is 5.99. The Morgan fingerprint density at radius 2 is 2.10 bits per heavy atom. The van der Waals surface area contributed by atoms with Crippen molar-refractivity contribution in [3.8, 4) is 0 Å². The topological polar surface area (TPSA) is 55.0 Å². The molecule has 0 aliphatic carbocycles. The quantitative estimate of drug-likeness (QED) is 0.864. The summed E-state index contributed by atoms with van der Waals surface area (Å²) in [4.78, 5) is 2.74. The number of aryl methyl sites for hydroxylation is 1. The molecule has 0 spiro atoms. The number of anilines is 1. The summed E-state index contributed by atoms with van der Waals surface area (Å²) in [6.07, 6.45) is 4.22. The molecule has 1 saturated heterocycles. The van der Waals surface area contributed by atoms with E-state index in [9.17, 15) is 0 Å². The zero-order valence-electron chi connectivity index (χ0n) is 12.6. The molecule has 0 aromatic carbocycles. The van der Waals surface area contributed by atoms with E-state index in [1.54, 1.807) is 0 Å². The van der Waals surface area contributed by atoms with Crippen LogP contribution in [-0.4, -0.2) is 28.3 Å². The van der Waals surface area contributed by atoms with Gasteiger partial charge in [0.25, 0.3) is 0 Å². The van der Waals surface area contributed by atoms with Crippen molar-refractivity contribution in [1.82, 2.24) is 10.2 Å². The molecule has 1 aromatic heterocycles. The maximum absolute atomic E-state index is 5.99. The van der Waals surface area contributed by atoms with Crippen LogP contribution in [0.2, 0.25) is 0 Å². The molecular formula is C15H24N4S. The van der Waals surface area contributed by atoms with E-state index in [4.69, 9.17) is 18.0 Å². The molecule has 2 N–H and O–H groups in total. The van der Waals surface area contributed by atoms with Crippen LogP contribution in [0.5, 0.6) is 0 Å². The number of hydrogen-bond acceptors (Lipinski definition) is 4. The number of aromatic nitrogens is 2. The van der Waals surface area contributed by atoms with Crippen LogP contribution < -0.4 is 10.6 Å². The third-order valence-electron chi connectivity index (χ3n) is 4.03. The molecule has 0 amide bonds. The number of rotatable bonds is 4. The van der Waals surface area contributed by atoms with Crippen LogP contribution in [0.1, 0.15) is 50.4 Å². The fourth-order valence-corrected chi connectivity index (χ4v) is 3.24. The number of piperidine rings is 1. The van der Waals surface area contributed by atoms with Crippen LogP contribution in [0.25, 0.3) is 0 Å². The Morgan fingerprint density at radius 3 is 2.65 bits per heavy atom. The normalized spacial score (nSPS) is 19.1. The van der Waals surface area contributed by atoms with Crippen molar-refractivity contribution in [3.63, 3.8) is 0 Å².